The van der Waals surface area contributed by atoms with Crippen molar-refractivity contribution in [2.24, 2.45) is 0 Å². The molecule has 3 N–H and O–H groups in total. The van der Waals surface area contributed by atoms with E-state index in [2.05, 4.69) is 9.97 Å². The highest BCUT2D eigenvalue weighted by molar-refractivity contribution is 7.98. The van der Waals surface area contributed by atoms with Gasteiger partial charge in [-0.3, -0.25) is 0 Å². The predicted octanol–water partition coefficient (Wildman–Crippen LogP) is 0.298. The summed E-state index contributed by atoms with van der Waals surface area (Å²) in [7, 11) is 0. The van der Waals surface area contributed by atoms with E-state index in [0.29, 0.717) is 5.69 Å². The van der Waals surface area contributed by atoms with E-state index in [9.17, 15) is 0 Å². The molecule has 0 amide bonds. The number of aliphatic hydroxyl groups is 2. The highest BCUT2D eigenvalue weighted by Gasteiger charge is 2.05. The third-order valence-corrected chi connectivity index (χ3v) is 2.08. The summed E-state index contributed by atoms with van der Waals surface area (Å²) in [4.78, 5) is 6.81. The fraction of sp³-hybridized carbons (Fsp3) is 0.571. The lowest BCUT2D eigenvalue weighted by atomic mass is 10.4. The molecule has 0 fully saturated rings. The number of hydrogen-bond donors (Lipinski definition) is 3. The maximum Gasteiger partial charge on any atom is 0.195 e. The SMILES string of the molecule is CSCCc1ncc(C(O)O)[nH]1. The molecular weight excluding hydrogens is 176 g/mol. The first kappa shape index (κ1) is 9.57. The van der Waals surface area contributed by atoms with Crippen LogP contribution in [-0.2, 0) is 6.42 Å². The lowest BCUT2D eigenvalue weighted by molar-refractivity contribution is -0.0456. The second-order valence-corrected chi connectivity index (χ2v) is 3.39. The van der Waals surface area contributed by atoms with E-state index in [1.54, 1.807) is 11.8 Å². The molecule has 1 aromatic heterocycles. The van der Waals surface area contributed by atoms with Gasteiger partial charge >= 0.3 is 0 Å². The van der Waals surface area contributed by atoms with Gasteiger partial charge in [0.15, 0.2) is 6.29 Å². The Balaban J connectivity index is 2.52. The van der Waals surface area contributed by atoms with Crippen LogP contribution >= 0.6 is 11.8 Å². The number of H-pyrrole nitrogens is 1. The molecule has 0 aromatic carbocycles. The number of aliphatic hydroxyl groups excluding tert-OH is 1. The molecule has 1 aromatic rings. The third-order valence-electron chi connectivity index (χ3n) is 1.47. The predicted molar refractivity (Wildman–Crippen MR) is 47.9 cm³/mol. The van der Waals surface area contributed by atoms with Crippen LogP contribution in [-0.4, -0.2) is 32.2 Å². The van der Waals surface area contributed by atoms with Gasteiger partial charge in [-0.2, -0.15) is 11.8 Å². The zero-order valence-corrected chi connectivity index (χ0v) is 7.64. The number of aryl methyl sites for hydroxylation is 1. The number of nitrogens with one attached hydrogen (secondary N) is 1. The number of hydrogen-bond acceptors (Lipinski definition) is 4. The van der Waals surface area contributed by atoms with E-state index < -0.39 is 6.29 Å². The molecule has 1 rings (SSSR count). The molecular formula is C7H12N2O2S. The molecule has 0 aliphatic carbocycles. The zero-order valence-electron chi connectivity index (χ0n) is 6.82. The van der Waals surface area contributed by atoms with Gasteiger partial charge in [-0.15, -0.1) is 0 Å². The minimum atomic E-state index is -1.44. The van der Waals surface area contributed by atoms with E-state index in [0.717, 1.165) is 18.0 Å². The average molecular weight is 188 g/mol. The van der Waals surface area contributed by atoms with Crippen molar-refractivity contribution in [3.8, 4) is 0 Å². The molecule has 0 atom stereocenters. The first-order valence-corrected chi connectivity index (χ1v) is 5.02. The summed E-state index contributed by atoms with van der Waals surface area (Å²) in [5, 5.41) is 17.5. The monoisotopic (exact) mass is 188 g/mol. The van der Waals surface area contributed by atoms with Crippen molar-refractivity contribution >= 4 is 11.8 Å². The largest absolute Gasteiger partial charge is 0.363 e. The number of imidazole rings is 1. The molecule has 0 aliphatic rings. The number of rotatable bonds is 4. The molecule has 4 nitrogen and oxygen atoms in total. The quantitative estimate of drug-likeness (QED) is 0.594. The fourth-order valence-corrected chi connectivity index (χ4v) is 1.23. The van der Waals surface area contributed by atoms with Gasteiger partial charge in [0.05, 0.1) is 11.9 Å². The molecule has 5 heteroatoms. The Labute approximate surface area is 75.0 Å². The van der Waals surface area contributed by atoms with Crippen LogP contribution < -0.4 is 0 Å². The van der Waals surface area contributed by atoms with Crippen LogP contribution in [0, 0.1) is 0 Å². The summed E-state index contributed by atoms with van der Waals surface area (Å²) < 4.78 is 0. The smallest absolute Gasteiger partial charge is 0.195 e. The highest BCUT2D eigenvalue weighted by Crippen LogP contribution is 2.07. The number of aromatic nitrogens is 2. The molecule has 68 valence electrons. The molecule has 12 heavy (non-hydrogen) atoms. The molecule has 0 bridgehead atoms. The third kappa shape index (κ3) is 2.51. The summed E-state index contributed by atoms with van der Waals surface area (Å²) in [5.41, 5.74) is 0.353. The van der Waals surface area contributed by atoms with E-state index >= 15 is 0 Å². The Morgan fingerprint density at radius 1 is 1.67 bits per heavy atom. The minimum Gasteiger partial charge on any atom is -0.363 e. The highest BCUT2D eigenvalue weighted by atomic mass is 32.2. The fourth-order valence-electron chi connectivity index (χ4n) is 0.836. The van der Waals surface area contributed by atoms with E-state index in [1.807, 2.05) is 6.26 Å². The summed E-state index contributed by atoms with van der Waals surface area (Å²) >= 11 is 1.73. The molecule has 0 unspecified atom stereocenters. The van der Waals surface area contributed by atoms with E-state index in [4.69, 9.17) is 10.2 Å². The Bertz CT molecular complexity index is 237. The van der Waals surface area contributed by atoms with Crippen molar-refractivity contribution in [2.75, 3.05) is 12.0 Å². The number of thioether (sulfide) groups is 1. The van der Waals surface area contributed by atoms with Gasteiger partial charge < -0.3 is 15.2 Å². The van der Waals surface area contributed by atoms with Gasteiger partial charge in [0, 0.05) is 12.2 Å². The lowest BCUT2D eigenvalue weighted by Crippen LogP contribution is -1.96. The maximum absolute atomic E-state index is 8.74. The molecule has 0 radical (unpaired) electrons. The molecule has 0 saturated heterocycles. The topological polar surface area (TPSA) is 69.1 Å². The maximum atomic E-state index is 8.74. The molecule has 0 saturated carbocycles. The molecule has 1 heterocycles. The Morgan fingerprint density at radius 3 is 2.92 bits per heavy atom. The normalized spacial score (nSPS) is 11.0. The molecule has 0 aliphatic heterocycles. The summed E-state index contributed by atoms with van der Waals surface area (Å²) in [6.45, 7) is 0. The van der Waals surface area contributed by atoms with Crippen molar-refractivity contribution in [3.05, 3.63) is 17.7 Å². The van der Waals surface area contributed by atoms with Crippen LogP contribution in [0.1, 0.15) is 17.8 Å². The molecule has 0 spiro atoms. The van der Waals surface area contributed by atoms with Crippen molar-refractivity contribution < 1.29 is 10.2 Å². The van der Waals surface area contributed by atoms with E-state index in [-0.39, 0.29) is 0 Å². The van der Waals surface area contributed by atoms with Crippen molar-refractivity contribution in [1.82, 2.24) is 9.97 Å². The Kier molecular flexibility index (Phi) is 3.58. The van der Waals surface area contributed by atoms with Gasteiger partial charge in [-0.05, 0) is 6.26 Å². The zero-order chi connectivity index (χ0) is 8.97. The van der Waals surface area contributed by atoms with Gasteiger partial charge in [0.1, 0.15) is 5.82 Å². The average Bonchev–Trinajstić information content (AvgIpc) is 2.48. The van der Waals surface area contributed by atoms with Gasteiger partial charge in [-0.25, -0.2) is 4.98 Å². The van der Waals surface area contributed by atoms with Crippen LogP contribution in [0.25, 0.3) is 0 Å². The van der Waals surface area contributed by atoms with Gasteiger partial charge in [0.25, 0.3) is 0 Å². The summed E-state index contributed by atoms with van der Waals surface area (Å²) in [5.74, 6) is 1.78. The second-order valence-electron chi connectivity index (χ2n) is 2.40. The summed E-state index contributed by atoms with van der Waals surface area (Å²) in [6, 6.07) is 0. The standard InChI is InChI=1S/C7H12N2O2S/c1-12-3-2-6-8-4-5(9-6)7(10)11/h4,7,10-11H,2-3H2,1H3,(H,8,9). The van der Waals surface area contributed by atoms with Crippen LogP contribution in [0.2, 0.25) is 0 Å². The van der Waals surface area contributed by atoms with Crippen molar-refractivity contribution in [3.63, 3.8) is 0 Å². The summed E-state index contributed by atoms with van der Waals surface area (Å²) in [6.07, 6.45) is 2.85. The first-order valence-electron chi connectivity index (χ1n) is 3.63. The van der Waals surface area contributed by atoms with Crippen LogP contribution in [0.15, 0.2) is 6.20 Å². The second kappa shape index (κ2) is 4.49. The van der Waals surface area contributed by atoms with Crippen molar-refractivity contribution in [1.29, 1.82) is 0 Å². The van der Waals surface area contributed by atoms with Gasteiger partial charge in [0.2, 0.25) is 0 Å². The van der Waals surface area contributed by atoms with Crippen LogP contribution in [0.4, 0.5) is 0 Å². The van der Waals surface area contributed by atoms with Crippen LogP contribution in [0.5, 0.6) is 0 Å². The van der Waals surface area contributed by atoms with Crippen LogP contribution in [0.3, 0.4) is 0 Å². The van der Waals surface area contributed by atoms with Crippen molar-refractivity contribution in [2.45, 2.75) is 12.7 Å². The first-order chi connectivity index (χ1) is 5.74. The number of nitrogens with zero attached hydrogens (tertiary/aromatic N) is 1. The van der Waals surface area contributed by atoms with E-state index in [1.165, 1.54) is 6.20 Å². The lowest BCUT2D eigenvalue weighted by Gasteiger charge is -1.97. The minimum absolute atomic E-state index is 0.353. The number of aromatic amines is 1. The Morgan fingerprint density at radius 2 is 2.42 bits per heavy atom. The van der Waals surface area contributed by atoms with Gasteiger partial charge in [-0.1, -0.05) is 0 Å². The Hall–Kier alpha value is -0.520.